The first-order valence-corrected chi connectivity index (χ1v) is 5.14. The van der Waals surface area contributed by atoms with Crippen LogP contribution in [0.2, 0.25) is 0 Å². The third-order valence-electron chi connectivity index (χ3n) is 2.15. The van der Waals surface area contributed by atoms with Crippen molar-refractivity contribution in [2.24, 2.45) is 11.6 Å². The van der Waals surface area contributed by atoms with Crippen molar-refractivity contribution >= 4 is 11.8 Å². The average molecular weight is 253 g/mol. The van der Waals surface area contributed by atoms with Crippen molar-refractivity contribution in [1.29, 1.82) is 0 Å². The fraction of sp³-hybridized carbons (Fsp3) is 0.273. The molecule has 0 aromatic heterocycles. The Balaban J connectivity index is 2.83. The van der Waals surface area contributed by atoms with Crippen molar-refractivity contribution < 1.29 is 19.1 Å². The average Bonchev–Trinajstić information content (AvgIpc) is 2.37. The van der Waals surface area contributed by atoms with Crippen molar-refractivity contribution in [2.75, 3.05) is 13.7 Å². The number of primary amides is 1. The van der Waals surface area contributed by atoms with Gasteiger partial charge in [0, 0.05) is 12.7 Å². The Labute approximate surface area is 104 Å². The van der Waals surface area contributed by atoms with Crippen molar-refractivity contribution in [3.05, 3.63) is 29.8 Å². The molecule has 0 saturated carbocycles. The predicted octanol–water partition coefficient (Wildman–Crippen LogP) is -0.831. The molecule has 1 unspecified atom stereocenters. The Morgan fingerprint density at radius 1 is 1.44 bits per heavy atom. The van der Waals surface area contributed by atoms with Crippen LogP contribution in [0.4, 0.5) is 0 Å². The second-order valence-corrected chi connectivity index (χ2v) is 3.46. The Morgan fingerprint density at radius 3 is 2.72 bits per heavy atom. The molecule has 0 aliphatic carbocycles. The third-order valence-corrected chi connectivity index (χ3v) is 2.15. The zero-order chi connectivity index (χ0) is 13.5. The van der Waals surface area contributed by atoms with Crippen molar-refractivity contribution in [3.8, 4) is 5.75 Å². The second-order valence-electron chi connectivity index (χ2n) is 3.46. The van der Waals surface area contributed by atoms with Crippen molar-refractivity contribution in [1.82, 2.24) is 5.43 Å². The maximum Gasteiger partial charge on any atom is 0.277 e. The minimum atomic E-state index is -0.900. The summed E-state index contributed by atoms with van der Waals surface area (Å²) in [5.41, 5.74) is 7.40. The van der Waals surface area contributed by atoms with Gasteiger partial charge in [0.1, 0.15) is 5.75 Å². The van der Waals surface area contributed by atoms with Gasteiger partial charge in [-0.05, 0) is 18.2 Å². The van der Waals surface area contributed by atoms with Crippen molar-refractivity contribution in [2.45, 2.75) is 6.10 Å². The van der Waals surface area contributed by atoms with E-state index in [4.69, 9.17) is 21.1 Å². The fourth-order valence-electron chi connectivity index (χ4n) is 1.29. The topological polar surface area (TPSA) is 117 Å². The number of hydrogen-bond donors (Lipinski definition) is 3. The van der Waals surface area contributed by atoms with Gasteiger partial charge < -0.3 is 15.2 Å². The molecule has 0 spiro atoms. The second kappa shape index (κ2) is 6.58. The Hall–Kier alpha value is -2.12. The SMILES string of the molecule is COCC(Oc1cccc(C(N)=O)c1)C(=O)NN. The van der Waals surface area contributed by atoms with Gasteiger partial charge in [-0.1, -0.05) is 6.07 Å². The molecule has 7 nitrogen and oxygen atoms in total. The maximum atomic E-state index is 11.4. The number of carbonyl (C=O) groups is 2. The van der Waals surface area contributed by atoms with E-state index >= 15 is 0 Å². The molecule has 0 fully saturated rings. The van der Waals surface area contributed by atoms with E-state index < -0.39 is 17.9 Å². The van der Waals surface area contributed by atoms with E-state index in [1.165, 1.54) is 13.2 Å². The number of methoxy groups -OCH3 is 1. The summed E-state index contributed by atoms with van der Waals surface area (Å²) in [6.07, 6.45) is -0.900. The summed E-state index contributed by atoms with van der Waals surface area (Å²) < 4.78 is 10.2. The minimum Gasteiger partial charge on any atom is -0.478 e. The van der Waals surface area contributed by atoms with Crippen LogP contribution in [0.1, 0.15) is 10.4 Å². The number of benzene rings is 1. The number of nitrogens with one attached hydrogen (secondary N) is 1. The van der Waals surface area contributed by atoms with E-state index in [9.17, 15) is 9.59 Å². The first-order valence-electron chi connectivity index (χ1n) is 5.14. The van der Waals surface area contributed by atoms with Gasteiger partial charge in [-0.3, -0.25) is 15.0 Å². The molecule has 0 bridgehead atoms. The summed E-state index contributed by atoms with van der Waals surface area (Å²) in [5.74, 6) is 4.25. The molecule has 98 valence electrons. The zero-order valence-corrected chi connectivity index (χ0v) is 9.88. The standard InChI is InChI=1S/C11H15N3O4/c1-17-6-9(11(16)14-13)18-8-4-2-3-7(5-8)10(12)15/h2-5,9H,6,13H2,1H3,(H2,12,15)(H,14,16). The molecule has 1 atom stereocenters. The highest BCUT2D eigenvalue weighted by molar-refractivity contribution is 5.93. The van der Waals surface area contributed by atoms with Crippen LogP contribution in [-0.4, -0.2) is 31.6 Å². The highest BCUT2D eigenvalue weighted by Crippen LogP contribution is 2.15. The van der Waals surface area contributed by atoms with Gasteiger partial charge in [0.15, 0.2) is 0 Å². The predicted molar refractivity (Wildman–Crippen MR) is 63.6 cm³/mol. The minimum absolute atomic E-state index is 0.0316. The zero-order valence-electron chi connectivity index (χ0n) is 9.88. The molecular weight excluding hydrogens is 238 g/mol. The van der Waals surface area contributed by atoms with E-state index in [0.29, 0.717) is 5.75 Å². The monoisotopic (exact) mass is 253 g/mol. The number of rotatable bonds is 6. The number of ether oxygens (including phenoxy) is 2. The van der Waals surface area contributed by atoms with E-state index in [1.54, 1.807) is 18.2 Å². The normalized spacial score (nSPS) is 11.7. The molecule has 0 heterocycles. The van der Waals surface area contributed by atoms with E-state index in [-0.39, 0.29) is 12.2 Å². The molecule has 2 amide bonds. The van der Waals surface area contributed by atoms with Gasteiger partial charge >= 0.3 is 0 Å². The van der Waals surface area contributed by atoms with Crippen LogP contribution in [0.15, 0.2) is 24.3 Å². The number of hydrazine groups is 1. The number of nitrogens with two attached hydrogens (primary N) is 2. The fourth-order valence-corrected chi connectivity index (χ4v) is 1.29. The van der Waals surface area contributed by atoms with Crippen LogP contribution in [0.25, 0.3) is 0 Å². The number of hydrogen-bond acceptors (Lipinski definition) is 5. The van der Waals surface area contributed by atoms with Gasteiger partial charge in [0.2, 0.25) is 12.0 Å². The van der Waals surface area contributed by atoms with Crippen LogP contribution in [0.3, 0.4) is 0 Å². The number of carbonyl (C=O) groups excluding carboxylic acids is 2. The van der Waals surface area contributed by atoms with Crippen LogP contribution < -0.4 is 21.7 Å². The summed E-state index contributed by atoms with van der Waals surface area (Å²) >= 11 is 0. The molecule has 5 N–H and O–H groups in total. The van der Waals surface area contributed by atoms with Gasteiger partial charge in [0.05, 0.1) is 6.61 Å². The lowest BCUT2D eigenvalue weighted by molar-refractivity contribution is -0.130. The molecular formula is C11H15N3O4. The Kier molecular flexibility index (Phi) is 5.09. The maximum absolute atomic E-state index is 11.4. The summed E-state index contributed by atoms with van der Waals surface area (Å²) in [7, 11) is 1.43. The summed E-state index contributed by atoms with van der Waals surface area (Å²) in [6.45, 7) is 0.0316. The van der Waals surface area contributed by atoms with Crippen molar-refractivity contribution in [3.63, 3.8) is 0 Å². The summed E-state index contributed by atoms with van der Waals surface area (Å²) in [4.78, 5) is 22.4. The Morgan fingerprint density at radius 2 is 2.17 bits per heavy atom. The number of amides is 2. The molecule has 1 aromatic rings. The highest BCUT2D eigenvalue weighted by atomic mass is 16.5. The van der Waals surface area contributed by atoms with Gasteiger partial charge in [0.25, 0.3) is 5.91 Å². The lowest BCUT2D eigenvalue weighted by atomic mass is 10.2. The molecule has 1 rings (SSSR count). The van der Waals surface area contributed by atoms with Gasteiger partial charge in [-0.15, -0.1) is 0 Å². The smallest absolute Gasteiger partial charge is 0.277 e. The van der Waals surface area contributed by atoms with Gasteiger partial charge in [-0.25, -0.2) is 5.84 Å². The van der Waals surface area contributed by atoms with Crippen LogP contribution in [0, 0.1) is 0 Å². The third kappa shape index (κ3) is 3.72. The lowest BCUT2D eigenvalue weighted by Gasteiger charge is -2.16. The first-order chi connectivity index (χ1) is 8.58. The molecule has 0 radical (unpaired) electrons. The first kappa shape index (κ1) is 13.9. The summed E-state index contributed by atoms with van der Waals surface area (Å²) in [6, 6.07) is 6.18. The van der Waals surface area contributed by atoms with Gasteiger partial charge in [-0.2, -0.15) is 0 Å². The quantitative estimate of drug-likeness (QED) is 0.347. The highest BCUT2D eigenvalue weighted by Gasteiger charge is 2.19. The molecule has 0 aliphatic heterocycles. The largest absolute Gasteiger partial charge is 0.478 e. The van der Waals surface area contributed by atoms with Crippen LogP contribution in [0.5, 0.6) is 5.75 Å². The van der Waals surface area contributed by atoms with E-state index in [0.717, 1.165) is 0 Å². The van der Waals surface area contributed by atoms with E-state index in [1.807, 2.05) is 5.43 Å². The molecule has 0 saturated heterocycles. The van der Waals surface area contributed by atoms with E-state index in [2.05, 4.69) is 0 Å². The molecule has 1 aromatic carbocycles. The molecule has 7 heteroatoms. The Bertz CT molecular complexity index is 436. The summed E-state index contributed by atoms with van der Waals surface area (Å²) in [5, 5.41) is 0. The lowest BCUT2D eigenvalue weighted by Crippen LogP contribution is -2.44. The van der Waals surface area contributed by atoms with Crippen LogP contribution in [-0.2, 0) is 9.53 Å². The van der Waals surface area contributed by atoms with Crippen LogP contribution >= 0.6 is 0 Å². The molecule has 18 heavy (non-hydrogen) atoms. The molecule has 0 aliphatic rings.